The van der Waals surface area contributed by atoms with E-state index in [4.69, 9.17) is 23.1 Å². The van der Waals surface area contributed by atoms with Crippen LogP contribution in [0.4, 0.5) is 17.3 Å². The minimum atomic E-state index is -0.108. The zero-order valence-electron chi connectivity index (χ0n) is 19.2. The summed E-state index contributed by atoms with van der Waals surface area (Å²) in [7, 11) is 0. The van der Waals surface area contributed by atoms with Crippen molar-refractivity contribution in [1.82, 2.24) is 15.0 Å². The van der Waals surface area contributed by atoms with Gasteiger partial charge in [-0.25, -0.2) is 0 Å². The predicted octanol–water partition coefficient (Wildman–Crippen LogP) is 2.43. The van der Waals surface area contributed by atoms with Crippen molar-refractivity contribution in [3.05, 3.63) is 52.8 Å². The standard InChI is InChI=1S/C24H25AsClN7OS/c1-13(34)31-16-4-2-3-15-14(16)11-18(27)24(15)6-9-33(10-7-24)19-12-30-23(22(28)32-19)35-17-5-8-29-21(25)20(17)26/h2-5,8,12,18H,6-7,9-11,27H2,1H3,(H2,28,32)(H,31,34). The van der Waals surface area contributed by atoms with Crippen molar-refractivity contribution >= 4 is 67.9 Å². The van der Waals surface area contributed by atoms with Crippen LogP contribution >= 0.6 is 23.4 Å². The molecule has 11 heteroatoms. The van der Waals surface area contributed by atoms with Crippen molar-refractivity contribution in [3.63, 3.8) is 0 Å². The van der Waals surface area contributed by atoms with E-state index in [-0.39, 0.29) is 17.4 Å². The molecule has 0 saturated carbocycles. The number of pyridine rings is 1. The zero-order chi connectivity index (χ0) is 24.7. The maximum atomic E-state index is 11.7. The van der Waals surface area contributed by atoms with Crippen LogP contribution < -0.4 is 26.2 Å². The Morgan fingerprint density at radius 2 is 2.06 bits per heavy atom. The Morgan fingerprint density at radius 1 is 1.29 bits per heavy atom. The Kier molecular flexibility index (Phi) is 6.70. The van der Waals surface area contributed by atoms with E-state index in [1.165, 1.54) is 24.2 Å². The van der Waals surface area contributed by atoms with Crippen LogP contribution in [0, 0.1) is 0 Å². The summed E-state index contributed by atoms with van der Waals surface area (Å²) in [5.41, 5.74) is 16.2. The summed E-state index contributed by atoms with van der Waals surface area (Å²) in [6, 6.07) is 7.98. The third kappa shape index (κ3) is 4.51. The van der Waals surface area contributed by atoms with E-state index in [1.54, 1.807) is 12.4 Å². The van der Waals surface area contributed by atoms with Gasteiger partial charge in [-0.1, -0.05) is 12.1 Å². The molecule has 1 spiro atoms. The molecule has 180 valence electrons. The van der Waals surface area contributed by atoms with Gasteiger partial charge in [0.25, 0.3) is 0 Å². The van der Waals surface area contributed by atoms with Crippen LogP contribution in [0.3, 0.4) is 0 Å². The summed E-state index contributed by atoms with van der Waals surface area (Å²) in [5.74, 6) is 1.06. The van der Waals surface area contributed by atoms with Gasteiger partial charge in [0.1, 0.15) is 0 Å². The molecule has 5 rings (SSSR count). The first-order valence-electron chi connectivity index (χ1n) is 11.3. The molecule has 1 fully saturated rings. The molecule has 1 amide bonds. The Morgan fingerprint density at radius 3 is 2.77 bits per heavy atom. The fraction of sp³-hybridized carbons (Fsp3) is 0.333. The van der Waals surface area contributed by atoms with Crippen LogP contribution in [0.5, 0.6) is 0 Å². The molecule has 3 heterocycles. The average Bonchev–Trinajstić information content (AvgIpc) is 3.10. The van der Waals surface area contributed by atoms with E-state index in [0.717, 1.165) is 54.3 Å². The predicted molar refractivity (Wildman–Crippen MR) is 141 cm³/mol. The van der Waals surface area contributed by atoms with Gasteiger partial charge in [-0.2, -0.15) is 0 Å². The Labute approximate surface area is 222 Å². The van der Waals surface area contributed by atoms with Crippen molar-refractivity contribution in [2.75, 3.05) is 29.0 Å². The molecule has 5 N–H and O–H groups in total. The van der Waals surface area contributed by atoms with Gasteiger partial charge in [-0.3, -0.25) is 4.79 Å². The van der Waals surface area contributed by atoms with Crippen molar-refractivity contribution in [1.29, 1.82) is 0 Å². The van der Waals surface area contributed by atoms with Crippen LogP contribution in [0.15, 0.2) is 46.6 Å². The van der Waals surface area contributed by atoms with E-state index < -0.39 is 0 Å². The van der Waals surface area contributed by atoms with E-state index >= 15 is 0 Å². The molecule has 2 aliphatic rings. The monoisotopic (exact) mass is 569 g/mol. The summed E-state index contributed by atoms with van der Waals surface area (Å²) >= 11 is 10.1. The topological polar surface area (TPSA) is 123 Å². The van der Waals surface area contributed by atoms with Gasteiger partial charge in [0.15, 0.2) is 0 Å². The maximum absolute atomic E-state index is 11.7. The Bertz CT molecular complexity index is 1300. The van der Waals surface area contributed by atoms with E-state index in [2.05, 4.69) is 48.1 Å². The van der Waals surface area contributed by atoms with Gasteiger partial charge in [0.2, 0.25) is 5.91 Å². The number of amides is 1. The molecule has 3 aromatic rings. The summed E-state index contributed by atoms with van der Waals surface area (Å²) in [6.07, 6.45) is 6.03. The van der Waals surface area contributed by atoms with E-state index in [9.17, 15) is 4.79 Å². The number of benzene rings is 1. The number of rotatable bonds is 4. The van der Waals surface area contributed by atoms with Crippen LogP contribution in [-0.2, 0) is 16.6 Å². The fourth-order valence-electron chi connectivity index (χ4n) is 5.18. The van der Waals surface area contributed by atoms with Gasteiger partial charge < -0.3 is 11.1 Å². The summed E-state index contributed by atoms with van der Waals surface area (Å²) in [5, 5.41) is 4.15. The molecular formula is C24H25AsClN7OS. The first-order chi connectivity index (χ1) is 16.8. The number of carbonyl (C=O) groups excluding carboxylic acids is 1. The van der Waals surface area contributed by atoms with Crippen LogP contribution in [0.2, 0.25) is 5.02 Å². The van der Waals surface area contributed by atoms with Crippen molar-refractivity contribution in [2.45, 2.75) is 47.6 Å². The number of nitrogens with two attached hydrogens (primary N) is 2. The number of hydrogen-bond donors (Lipinski definition) is 3. The second kappa shape index (κ2) is 9.62. The van der Waals surface area contributed by atoms with Crippen LogP contribution in [0.1, 0.15) is 30.9 Å². The number of halogens is 1. The van der Waals surface area contributed by atoms with Crippen molar-refractivity contribution in [3.8, 4) is 0 Å². The minimum absolute atomic E-state index is 0.0108. The molecule has 1 atom stereocenters. The second-order valence-corrected chi connectivity index (χ2v) is 11.2. The van der Waals surface area contributed by atoms with E-state index in [1.807, 2.05) is 18.2 Å². The molecule has 8 nitrogen and oxygen atoms in total. The SMILES string of the molecule is CC(=O)Nc1cccc2c1CC(N)C21CCN(c2cnc(Sc3ccnc([As])c3Cl)c(N)n2)CC1. The molecule has 2 radical (unpaired) electrons. The van der Waals surface area contributed by atoms with Gasteiger partial charge in [-0.15, -0.1) is 0 Å². The molecule has 2 aromatic heterocycles. The van der Waals surface area contributed by atoms with Gasteiger partial charge in [0, 0.05) is 18.7 Å². The van der Waals surface area contributed by atoms with Crippen molar-refractivity contribution in [2.24, 2.45) is 5.73 Å². The molecule has 1 aliphatic carbocycles. The molecule has 1 unspecified atom stereocenters. The summed E-state index contributed by atoms with van der Waals surface area (Å²) in [4.78, 5) is 28.1. The number of carbonyl (C=O) groups is 1. The third-order valence-corrected chi connectivity index (χ3v) is 9.49. The molecule has 35 heavy (non-hydrogen) atoms. The first kappa shape index (κ1) is 24.4. The van der Waals surface area contributed by atoms with Crippen LogP contribution in [-0.4, -0.2) is 56.8 Å². The number of nitrogen functional groups attached to an aromatic ring is 1. The second-order valence-electron chi connectivity index (χ2n) is 8.93. The van der Waals surface area contributed by atoms with Gasteiger partial charge >= 0.3 is 147 Å². The number of piperidine rings is 1. The number of hydrogen-bond acceptors (Lipinski definition) is 8. The number of nitrogens with one attached hydrogen (secondary N) is 1. The quantitative estimate of drug-likeness (QED) is 0.410. The summed E-state index contributed by atoms with van der Waals surface area (Å²) in [6.45, 7) is 3.13. The zero-order valence-corrected chi connectivity index (χ0v) is 22.6. The normalized spacial score (nSPS) is 18.5. The molecule has 0 bridgehead atoms. The first-order valence-corrected chi connectivity index (χ1v) is 13.5. The third-order valence-electron chi connectivity index (χ3n) is 6.93. The number of aromatic nitrogens is 3. The van der Waals surface area contributed by atoms with Crippen molar-refractivity contribution < 1.29 is 4.79 Å². The Hall–Kier alpha value is -2.32. The van der Waals surface area contributed by atoms with Gasteiger partial charge in [0.05, 0.1) is 0 Å². The molecular weight excluding hydrogens is 545 g/mol. The number of anilines is 3. The number of fused-ring (bicyclic) bond motifs is 2. The summed E-state index contributed by atoms with van der Waals surface area (Å²) < 4.78 is 0.699. The fourth-order valence-corrected chi connectivity index (χ4v) is 6.75. The van der Waals surface area contributed by atoms with E-state index in [0.29, 0.717) is 20.3 Å². The molecule has 1 saturated heterocycles. The average molecular weight is 570 g/mol. The van der Waals surface area contributed by atoms with Crippen LogP contribution in [0.25, 0.3) is 0 Å². The Balaban J connectivity index is 1.33. The molecule has 1 aliphatic heterocycles. The number of nitrogens with zero attached hydrogens (tertiary/aromatic N) is 4. The van der Waals surface area contributed by atoms with Gasteiger partial charge in [-0.05, 0) is 23.6 Å². The molecule has 1 aromatic carbocycles.